The normalized spacial score (nSPS) is 14.3. The van der Waals surface area contributed by atoms with Crippen molar-refractivity contribution in [2.24, 2.45) is 7.05 Å². The van der Waals surface area contributed by atoms with Gasteiger partial charge in [0.25, 0.3) is 6.04 Å². The predicted molar refractivity (Wildman–Crippen MR) is 190 cm³/mol. The molecule has 48 heavy (non-hydrogen) atoms. The first kappa shape index (κ1) is 28.4. The number of pyridine rings is 3. The fraction of sp³-hybridized carbons (Fsp3) is 0.114. The van der Waals surface area contributed by atoms with E-state index in [9.17, 15) is 0 Å². The van der Waals surface area contributed by atoms with Gasteiger partial charge in [-0.2, -0.15) is 9.13 Å². The Hall–Kier alpha value is -5.87. The Morgan fingerprint density at radius 3 is 2.17 bits per heavy atom. The molecule has 0 radical (unpaired) electrons. The maximum atomic E-state index is 6.54. The van der Waals surface area contributed by atoms with Crippen LogP contribution in [0.25, 0.3) is 55.7 Å². The molecular formula is C44H36N3O+3. The molecule has 0 N–H and O–H groups in total. The van der Waals surface area contributed by atoms with Crippen LogP contribution in [0.2, 0.25) is 0 Å². The highest BCUT2D eigenvalue weighted by Gasteiger charge is 2.49. The monoisotopic (exact) mass is 622 g/mol. The minimum absolute atomic E-state index is 0.0160. The SMILES string of the molecule is Cc1ccc(-c2cc3oc4ccccc4c3cc2C(C2c3ccccc3-c3cccc[n+]32)[n+]2ccccc2-c2ccccc2C)[n+](C)c1. The molecule has 4 heteroatoms. The summed E-state index contributed by atoms with van der Waals surface area (Å²) in [5.41, 5.74) is 14.0. The largest absolute Gasteiger partial charge is 0.456 e. The minimum Gasteiger partial charge on any atom is -0.456 e. The van der Waals surface area contributed by atoms with Gasteiger partial charge in [-0.15, -0.1) is 0 Å². The van der Waals surface area contributed by atoms with Gasteiger partial charge in [-0.3, -0.25) is 0 Å². The van der Waals surface area contributed by atoms with E-state index in [1.54, 1.807) is 0 Å². The van der Waals surface area contributed by atoms with Gasteiger partial charge in [-0.05, 0) is 67.9 Å². The highest BCUT2D eigenvalue weighted by atomic mass is 16.3. The van der Waals surface area contributed by atoms with Crippen molar-refractivity contribution in [3.8, 4) is 33.8 Å². The molecule has 0 fully saturated rings. The van der Waals surface area contributed by atoms with E-state index in [1.165, 1.54) is 44.8 Å². The fourth-order valence-corrected chi connectivity index (χ4v) is 7.93. The zero-order chi connectivity index (χ0) is 32.4. The van der Waals surface area contributed by atoms with Gasteiger partial charge in [-0.1, -0.05) is 54.6 Å². The van der Waals surface area contributed by atoms with Gasteiger partial charge in [-0.25, -0.2) is 4.57 Å². The van der Waals surface area contributed by atoms with Gasteiger partial charge < -0.3 is 4.42 Å². The fourth-order valence-electron chi connectivity index (χ4n) is 7.93. The number of aromatic nitrogens is 3. The molecule has 8 aromatic rings. The number of hydrogen-bond donors (Lipinski definition) is 0. The Bertz CT molecular complexity index is 2480. The molecule has 0 bridgehead atoms. The lowest BCUT2D eigenvalue weighted by molar-refractivity contribution is -0.790. The number of aryl methyl sites for hydroxylation is 3. The first-order chi connectivity index (χ1) is 23.6. The third-order valence-corrected chi connectivity index (χ3v) is 10.1. The zero-order valence-corrected chi connectivity index (χ0v) is 27.3. The standard InChI is InChI=1S/C44H36N3O/c1-29-22-23-38(45(3)28-29)35-27-42-36(33-17-8-9-21-41(33)48-42)26-37(35)44(46-24-12-10-19-39(46)31-15-5-4-14-30(31)2)43-34-18-7-6-16-32(34)40-20-11-13-25-47(40)43/h4-28,43-44H,1-3H3/q+3. The Labute approximate surface area is 280 Å². The van der Waals surface area contributed by atoms with Crippen molar-refractivity contribution in [1.82, 2.24) is 0 Å². The number of para-hydroxylation sites is 1. The summed E-state index contributed by atoms with van der Waals surface area (Å²) in [6.45, 7) is 4.35. The van der Waals surface area contributed by atoms with E-state index in [0.29, 0.717) is 0 Å². The van der Waals surface area contributed by atoms with Gasteiger partial charge >= 0.3 is 0 Å². The van der Waals surface area contributed by atoms with E-state index >= 15 is 0 Å². The summed E-state index contributed by atoms with van der Waals surface area (Å²) >= 11 is 0. The van der Waals surface area contributed by atoms with Crippen molar-refractivity contribution in [1.29, 1.82) is 0 Å². The number of furan rings is 1. The molecule has 4 aromatic carbocycles. The third kappa shape index (κ3) is 4.40. The molecule has 0 saturated heterocycles. The molecule has 0 spiro atoms. The summed E-state index contributed by atoms with van der Waals surface area (Å²) in [6, 6.07) is 48.2. The predicted octanol–water partition coefficient (Wildman–Crippen LogP) is 8.80. The smallest absolute Gasteiger partial charge is 0.250 e. The molecule has 1 aliphatic rings. The average Bonchev–Trinajstić information content (AvgIpc) is 3.64. The Morgan fingerprint density at radius 2 is 1.31 bits per heavy atom. The average molecular weight is 623 g/mol. The summed E-state index contributed by atoms with van der Waals surface area (Å²) in [6.07, 6.45) is 6.73. The first-order valence-corrected chi connectivity index (χ1v) is 16.6. The van der Waals surface area contributed by atoms with Crippen molar-refractivity contribution in [3.05, 3.63) is 174 Å². The van der Waals surface area contributed by atoms with Crippen molar-refractivity contribution >= 4 is 21.9 Å². The Morgan fingerprint density at radius 1 is 0.583 bits per heavy atom. The van der Waals surface area contributed by atoms with Crippen molar-refractivity contribution in [2.75, 3.05) is 0 Å². The van der Waals surface area contributed by atoms with Crippen LogP contribution < -0.4 is 13.7 Å². The highest BCUT2D eigenvalue weighted by Crippen LogP contribution is 2.44. The van der Waals surface area contributed by atoms with Crippen LogP contribution in [0.3, 0.4) is 0 Å². The van der Waals surface area contributed by atoms with Crippen LogP contribution in [0, 0.1) is 13.8 Å². The van der Waals surface area contributed by atoms with Gasteiger partial charge in [0.1, 0.15) is 18.2 Å². The number of rotatable bonds is 5. The van der Waals surface area contributed by atoms with E-state index in [1.807, 2.05) is 6.07 Å². The molecule has 0 aliphatic carbocycles. The summed E-state index contributed by atoms with van der Waals surface area (Å²) in [5, 5.41) is 2.26. The third-order valence-electron chi connectivity index (χ3n) is 10.1. The number of hydrogen-bond acceptors (Lipinski definition) is 1. The lowest BCUT2D eigenvalue weighted by Crippen LogP contribution is -2.53. The number of benzene rings is 4. The second kappa shape index (κ2) is 11.1. The topological polar surface area (TPSA) is 24.8 Å². The molecule has 2 unspecified atom stereocenters. The number of fused-ring (bicyclic) bond motifs is 6. The summed E-state index contributed by atoms with van der Waals surface area (Å²) in [7, 11) is 2.15. The Kier molecular flexibility index (Phi) is 6.58. The summed E-state index contributed by atoms with van der Waals surface area (Å²) in [5.74, 6) is 0. The highest BCUT2D eigenvalue weighted by molar-refractivity contribution is 6.06. The molecule has 1 aliphatic heterocycles. The van der Waals surface area contributed by atoms with E-state index in [0.717, 1.165) is 33.2 Å². The minimum atomic E-state index is -0.120. The van der Waals surface area contributed by atoms with Crippen molar-refractivity contribution in [3.63, 3.8) is 0 Å². The quantitative estimate of drug-likeness (QED) is 0.176. The van der Waals surface area contributed by atoms with E-state index in [4.69, 9.17) is 4.42 Å². The van der Waals surface area contributed by atoms with Crippen molar-refractivity contribution in [2.45, 2.75) is 25.9 Å². The number of nitrogens with zero attached hydrogens (tertiary/aromatic N) is 3. The second-order valence-electron chi connectivity index (χ2n) is 13.0. The lowest BCUT2D eigenvalue weighted by Gasteiger charge is -2.22. The van der Waals surface area contributed by atoms with Crippen LogP contribution in [-0.4, -0.2) is 0 Å². The molecule has 4 nitrogen and oxygen atoms in total. The van der Waals surface area contributed by atoms with Crippen LogP contribution in [0.1, 0.15) is 34.3 Å². The molecule has 0 saturated carbocycles. The van der Waals surface area contributed by atoms with Gasteiger partial charge in [0, 0.05) is 63.4 Å². The first-order valence-electron chi connectivity index (χ1n) is 16.6. The van der Waals surface area contributed by atoms with Crippen LogP contribution in [0.15, 0.2) is 156 Å². The molecule has 0 amide bonds. The molecule has 4 aromatic heterocycles. The van der Waals surface area contributed by atoms with Crippen LogP contribution >= 0.6 is 0 Å². The van der Waals surface area contributed by atoms with Crippen LogP contribution in [0.5, 0.6) is 0 Å². The van der Waals surface area contributed by atoms with Gasteiger partial charge in [0.15, 0.2) is 18.6 Å². The van der Waals surface area contributed by atoms with Crippen LogP contribution in [-0.2, 0) is 7.05 Å². The lowest BCUT2D eigenvalue weighted by atomic mass is 9.87. The Balaban J connectivity index is 1.43. The van der Waals surface area contributed by atoms with Crippen molar-refractivity contribution < 1.29 is 18.1 Å². The molecule has 5 heterocycles. The molecule has 2 atom stereocenters. The summed E-state index contributed by atoms with van der Waals surface area (Å²) < 4.78 is 13.8. The van der Waals surface area contributed by atoms with Gasteiger partial charge in [0.2, 0.25) is 23.1 Å². The zero-order valence-electron chi connectivity index (χ0n) is 27.3. The molecule has 9 rings (SSSR count). The van der Waals surface area contributed by atoms with E-state index < -0.39 is 0 Å². The van der Waals surface area contributed by atoms with Crippen LogP contribution in [0.4, 0.5) is 0 Å². The maximum absolute atomic E-state index is 6.54. The summed E-state index contributed by atoms with van der Waals surface area (Å²) in [4.78, 5) is 0. The maximum Gasteiger partial charge on any atom is 0.250 e. The van der Waals surface area contributed by atoms with Gasteiger partial charge in [0.05, 0.1) is 11.1 Å². The molecule has 230 valence electrons. The second-order valence-corrected chi connectivity index (χ2v) is 13.0. The van der Waals surface area contributed by atoms with E-state index in [-0.39, 0.29) is 12.1 Å². The van der Waals surface area contributed by atoms with E-state index in [2.05, 4.69) is 181 Å². The molecular weight excluding hydrogens is 587 g/mol.